The summed E-state index contributed by atoms with van der Waals surface area (Å²) in [4.78, 5) is 0. The molecule has 0 amide bonds. The maximum absolute atomic E-state index is 13.1. The van der Waals surface area contributed by atoms with Crippen LogP contribution in [-0.4, -0.2) is 6.54 Å². The van der Waals surface area contributed by atoms with Crippen LogP contribution in [0.15, 0.2) is 18.2 Å². The molecule has 1 aromatic rings. The van der Waals surface area contributed by atoms with Crippen LogP contribution in [0.4, 0.5) is 4.39 Å². The Balaban J connectivity index is 1.71. The maximum atomic E-state index is 13.1. The minimum Gasteiger partial charge on any atom is -0.312 e. The van der Waals surface area contributed by atoms with Crippen molar-refractivity contribution < 1.29 is 4.39 Å². The Labute approximate surface area is 133 Å². The van der Waals surface area contributed by atoms with Gasteiger partial charge in [0.1, 0.15) is 5.82 Å². The second-order valence-electron chi connectivity index (χ2n) is 7.46. The molecule has 3 heteroatoms. The summed E-state index contributed by atoms with van der Waals surface area (Å²) in [6, 6.07) is 4.94. The molecule has 0 aliphatic heterocycles. The topological polar surface area (TPSA) is 12.0 Å². The molecule has 0 bridgehead atoms. The normalized spacial score (nSPS) is 23.3. The van der Waals surface area contributed by atoms with Crippen LogP contribution in [0.5, 0.6) is 0 Å². The second-order valence-corrected chi connectivity index (χ2v) is 7.87. The summed E-state index contributed by atoms with van der Waals surface area (Å²) in [6.45, 7) is 8.88. The first kappa shape index (κ1) is 16.8. The molecule has 1 aromatic carbocycles. The van der Waals surface area contributed by atoms with Gasteiger partial charge in [-0.15, -0.1) is 0 Å². The molecule has 0 atom stereocenters. The van der Waals surface area contributed by atoms with Gasteiger partial charge in [0.05, 0.1) is 5.02 Å². The number of benzene rings is 1. The summed E-state index contributed by atoms with van der Waals surface area (Å²) in [5.74, 6) is 1.30. The van der Waals surface area contributed by atoms with E-state index in [1.54, 1.807) is 12.1 Å². The predicted molar refractivity (Wildman–Crippen MR) is 88.0 cm³/mol. The van der Waals surface area contributed by atoms with Crippen molar-refractivity contribution >= 4 is 11.6 Å². The molecular formula is C18H27ClFN. The summed E-state index contributed by atoms with van der Waals surface area (Å²) in [7, 11) is 0. The van der Waals surface area contributed by atoms with E-state index >= 15 is 0 Å². The monoisotopic (exact) mass is 311 g/mol. The SMILES string of the molecule is CC(C)(C)C1CCC(CNCc2ccc(F)c(Cl)c2)CC1. The van der Waals surface area contributed by atoms with E-state index in [2.05, 4.69) is 26.1 Å². The van der Waals surface area contributed by atoms with Gasteiger partial charge in [0.15, 0.2) is 0 Å². The highest BCUT2D eigenvalue weighted by atomic mass is 35.5. The zero-order chi connectivity index (χ0) is 15.5. The van der Waals surface area contributed by atoms with Crippen molar-refractivity contribution in [2.24, 2.45) is 17.3 Å². The zero-order valence-electron chi connectivity index (χ0n) is 13.4. The van der Waals surface area contributed by atoms with Crippen molar-refractivity contribution in [1.29, 1.82) is 0 Å². The molecule has 0 unspecified atom stereocenters. The zero-order valence-corrected chi connectivity index (χ0v) is 14.1. The number of nitrogens with one attached hydrogen (secondary N) is 1. The van der Waals surface area contributed by atoms with Crippen molar-refractivity contribution in [1.82, 2.24) is 5.32 Å². The Bertz CT molecular complexity index is 459. The third kappa shape index (κ3) is 4.96. The van der Waals surface area contributed by atoms with E-state index in [4.69, 9.17) is 11.6 Å². The number of hydrogen-bond donors (Lipinski definition) is 1. The van der Waals surface area contributed by atoms with E-state index in [-0.39, 0.29) is 10.8 Å². The Kier molecular flexibility index (Phi) is 5.67. The third-order valence-corrected chi connectivity index (χ3v) is 5.11. The fourth-order valence-electron chi connectivity index (χ4n) is 3.30. The quantitative estimate of drug-likeness (QED) is 0.782. The Morgan fingerprint density at radius 1 is 1.19 bits per heavy atom. The van der Waals surface area contributed by atoms with Gasteiger partial charge in [0.25, 0.3) is 0 Å². The Hall–Kier alpha value is -0.600. The van der Waals surface area contributed by atoms with Crippen LogP contribution in [0.3, 0.4) is 0 Å². The predicted octanol–water partition coefficient (Wildman–Crippen LogP) is 5.42. The highest BCUT2D eigenvalue weighted by Gasteiger charge is 2.29. The van der Waals surface area contributed by atoms with Gasteiger partial charge in [-0.05, 0) is 67.2 Å². The molecule has 21 heavy (non-hydrogen) atoms. The van der Waals surface area contributed by atoms with Gasteiger partial charge in [-0.1, -0.05) is 38.4 Å². The van der Waals surface area contributed by atoms with E-state index in [1.165, 1.54) is 31.7 Å². The van der Waals surface area contributed by atoms with Crippen molar-refractivity contribution in [3.63, 3.8) is 0 Å². The molecule has 1 saturated carbocycles. The molecule has 1 aliphatic rings. The molecular weight excluding hydrogens is 285 g/mol. The van der Waals surface area contributed by atoms with Gasteiger partial charge in [0, 0.05) is 6.54 Å². The summed E-state index contributed by atoms with van der Waals surface area (Å²) < 4.78 is 13.1. The molecule has 0 spiro atoms. The minimum atomic E-state index is -0.346. The smallest absolute Gasteiger partial charge is 0.141 e. The highest BCUT2D eigenvalue weighted by Crippen LogP contribution is 2.39. The fraction of sp³-hybridized carbons (Fsp3) is 0.667. The molecule has 1 N–H and O–H groups in total. The van der Waals surface area contributed by atoms with Crippen LogP contribution in [0.2, 0.25) is 5.02 Å². The lowest BCUT2D eigenvalue weighted by atomic mass is 9.70. The van der Waals surface area contributed by atoms with Crippen LogP contribution >= 0.6 is 11.6 Å². The molecule has 118 valence electrons. The first-order valence-electron chi connectivity index (χ1n) is 8.01. The van der Waals surface area contributed by atoms with Gasteiger partial charge in [-0.25, -0.2) is 4.39 Å². The van der Waals surface area contributed by atoms with Crippen molar-refractivity contribution in [2.45, 2.75) is 53.0 Å². The van der Waals surface area contributed by atoms with E-state index in [1.807, 2.05) is 0 Å². The van der Waals surface area contributed by atoms with Gasteiger partial charge in [0.2, 0.25) is 0 Å². The lowest BCUT2D eigenvalue weighted by Crippen LogP contribution is -2.30. The first-order chi connectivity index (χ1) is 9.86. The maximum Gasteiger partial charge on any atom is 0.141 e. The number of halogens is 2. The summed E-state index contributed by atoms with van der Waals surface area (Å²) in [5, 5.41) is 3.70. The summed E-state index contributed by atoms with van der Waals surface area (Å²) in [6.07, 6.45) is 5.33. The molecule has 2 rings (SSSR count). The molecule has 1 nitrogen and oxygen atoms in total. The van der Waals surface area contributed by atoms with E-state index in [9.17, 15) is 4.39 Å². The molecule has 0 saturated heterocycles. The third-order valence-electron chi connectivity index (χ3n) is 4.82. The van der Waals surface area contributed by atoms with E-state index in [0.717, 1.165) is 30.5 Å². The fourth-order valence-corrected chi connectivity index (χ4v) is 3.51. The molecule has 1 aliphatic carbocycles. The van der Waals surface area contributed by atoms with Crippen LogP contribution in [0.1, 0.15) is 52.0 Å². The van der Waals surface area contributed by atoms with E-state index in [0.29, 0.717) is 5.41 Å². The van der Waals surface area contributed by atoms with Crippen LogP contribution < -0.4 is 5.32 Å². The number of hydrogen-bond acceptors (Lipinski definition) is 1. The molecule has 0 heterocycles. The molecule has 0 aromatic heterocycles. The average Bonchev–Trinajstić information content (AvgIpc) is 2.42. The van der Waals surface area contributed by atoms with Crippen molar-refractivity contribution in [3.8, 4) is 0 Å². The number of rotatable bonds is 4. The lowest BCUT2D eigenvalue weighted by molar-refractivity contribution is 0.149. The van der Waals surface area contributed by atoms with Gasteiger partial charge in [-0.3, -0.25) is 0 Å². The standard InChI is InChI=1S/C18H27ClFN/c1-18(2,3)15-7-4-13(5-8-15)11-21-12-14-6-9-17(20)16(19)10-14/h6,9-10,13,15,21H,4-5,7-8,11-12H2,1-3H3. The minimum absolute atomic E-state index is 0.208. The average molecular weight is 312 g/mol. The summed E-state index contributed by atoms with van der Waals surface area (Å²) in [5.41, 5.74) is 1.49. The van der Waals surface area contributed by atoms with Crippen LogP contribution in [-0.2, 0) is 6.54 Å². The second kappa shape index (κ2) is 7.11. The van der Waals surface area contributed by atoms with E-state index < -0.39 is 0 Å². The van der Waals surface area contributed by atoms with Gasteiger partial charge < -0.3 is 5.32 Å². The Morgan fingerprint density at radius 3 is 2.43 bits per heavy atom. The highest BCUT2D eigenvalue weighted by molar-refractivity contribution is 6.30. The van der Waals surface area contributed by atoms with Crippen molar-refractivity contribution in [3.05, 3.63) is 34.6 Å². The van der Waals surface area contributed by atoms with Gasteiger partial charge >= 0.3 is 0 Å². The lowest BCUT2D eigenvalue weighted by Gasteiger charge is -2.37. The van der Waals surface area contributed by atoms with Crippen LogP contribution in [0.25, 0.3) is 0 Å². The Morgan fingerprint density at radius 2 is 1.86 bits per heavy atom. The van der Waals surface area contributed by atoms with Gasteiger partial charge in [-0.2, -0.15) is 0 Å². The first-order valence-corrected chi connectivity index (χ1v) is 8.38. The molecule has 0 radical (unpaired) electrons. The largest absolute Gasteiger partial charge is 0.312 e. The van der Waals surface area contributed by atoms with Crippen molar-refractivity contribution in [2.75, 3.05) is 6.54 Å². The van der Waals surface area contributed by atoms with Crippen LogP contribution in [0, 0.1) is 23.1 Å². The molecule has 1 fully saturated rings. The summed E-state index contributed by atoms with van der Waals surface area (Å²) >= 11 is 5.80.